The molecule has 264 valence electrons. The first-order chi connectivity index (χ1) is 25.4. The zero-order valence-corrected chi connectivity index (χ0v) is 28.6. The van der Waals surface area contributed by atoms with Crippen LogP contribution < -0.4 is 9.64 Å². The topological polar surface area (TPSA) is 112 Å². The Morgan fingerprint density at radius 3 is 2.56 bits per heavy atom. The third-order valence-corrected chi connectivity index (χ3v) is 9.98. The number of halogens is 2. The number of piperazine rings is 1. The van der Waals surface area contributed by atoms with Crippen molar-refractivity contribution in [2.75, 3.05) is 51.3 Å². The van der Waals surface area contributed by atoms with Gasteiger partial charge in [0.15, 0.2) is 5.82 Å². The number of carbonyl (C=O) groups is 2. The lowest BCUT2D eigenvalue weighted by Gasteiger charge is -2.36. The van der Waals surface area contributed by atoms with Crippen LogP contribution in [0.1, 0.15) is 28.9 Å². The number of methoxy groups -OCH3 is 1. The van der Waals surface area contributed by atoms with Gasteiger partial charge in [0.2, 0.25) is 5.91 Å². The Balaban J connectivity index is 1.09. The minimum Gasteiger partial charge on any atom is -0.496 e. The molecule has 2 aliphatic heterocycles. The van der Waals surface area contributed by atoms with E-state index in [-0.39, 0.29) is 41.8 Å². The Morgan fingerprint density at radius 2 is 1.75 bits per heavy atom. The summed E-state index contributed by atoms with van der Waals surface area (Å²) in [5, 5.41) is 9.89. The van der Waals surface area contributed by atoms with Crippen molar-refractivity contribution < 1.29 is 23.1 Å². The van der Waals surface area contributed by atoms with Crippen LogP contribution in [0.25, 0.3) is 38.4 Å². The first-order valence-electron chi connectivity index (χ1n) is 17.3. The van der Waals surface area contributed by atoms with Crippen LogP contribution >= 0.6 is 0 Å². The van der Waals surface area contributed by atoms with Crippen molar-refractivity contribution in [3.05, 3.63) is 108 Å². The largest absolute Gasteiger partial charge is 0.496 e. The molecule has 1 N–H and O–H groups in total. The first-order valence-corrected chi connectivity index (χ1v) is 17.3. The van der Waals surface area contributed by atoms with Crippen LogP contribution in [-0.2, 0) is 11.3 Å². The van der Waals surface area contributed by atoms with Gasteiger partial charge in [0.05, 0.1) is 31.1 Å². The highest BCUT2D eigenvalue weighted by molar-refractivity contribution is 6.05. The molecule has 13 heteroatoms. The minimum absolute atomic E-state index is 0.0550. The minimum atomic E-state index is -0.499. The van der Waals surface area contributed by atoms with Crippen LogP contribution in [0.4, 0.5) is 14.5 Å². The Bertz CT molecular complexity index is 2330. The summed E-state index contributed by atoms with van der Waals surface area (Å²) in [6.07, 6.45) is 9.42. The van der Waals surface area contributed by atoms with Gasteiger partial charge in [-0.05, 0) is 54.0 Å². The number of hydrogen-bond acceptors (Lipinski definition) is 7. The predicted molar refractivity (Wildman–Crippen MR) is 194 cm³/mol. The highest BCUT2D eigenvalue weighted by Gasteiger charge is 2.29. The number of aromatic nitrogens is 5. The van der Waals surface area contributed by atoms with Crippen LogP contribution in [0, 0.1) is 11.6 Å². The highest BCUT2D eigenvalue weighted by Crippen LogP contribution is 2.40. The maximum atomic E-state index is 16.7. The van der Waals surface area contributed by atoms with E-state index < -0.39 is 5.82 Å². The number of anilines is 1. The third kappa shape index (κ3) is 6.12. The fourth-order valence-electron chi connectivity index (χ4n) is 7.32. The molecule has 2 aliphatic rings. The number of hydrogen-bond donors (Lipinski definition) is 1. The van der Waals surface area contributed by atoms with E-state index in [4.69, 9.17) is 4.74 Å². The lowest BCUT2D eigenvalue weighted by Crippen LogP contribution is -2.49. The molecule has 5 heterocycles. The van der Waals surface area contributed by atoms with Gasteiger partial charge < -0.3 is 24.4 Å². The summed E-state index contributed by atoms with van der Waals surface area (Å²) in [7, 11) is 1.58. The monoisotopic (exact) mass is 702 g/mol. The number of nitrogens with one attached hydrogen (secondary N) is 1. The summed E-state index contributed by atoms with van der Waals surface area (Å²) >= 11 is 0. The average Bonchev–Trinajstić information content (AvgIpc) is 3.89. The van der Waals surface area contributed by atoms with Crippen LogP contribution in [-0.4, -0.2) is 93.0 Å². The molecule has 6 aromatic rings. The van der Waals surface area contributed by atoms with E-state index in [1.165, 1.54) is 6.07 Å². The molecule has 0 atom stereocenters. The Labute approximate surface area is 298 Å². The molecular formula is C39H36F2N8O3. The van der Waals surface area contributed by atoms with E-state index in [9.17, 15) is 9.59 Å². The summed E-state index contributed by atoms with van der Waals surface area (Å²) in [6.45, 7) is 2.75. The van der Waals surface area contributed by atoms with Crippen LogP contribution in [0.3, 0.4) is 0 Å². The maximum Gasteiger partial charge on any atom is 0.270 e. The Kier molecular flexibility index (Phi) is 8.83. The second kappa shape index (κ2) is 13.9. The van der Waals surface area contributed by atoms with Gasteiger partial charge in [0, 0.05) is 91.6 Å². The van der Waals surface area contributed by atoms with Gasteiger partial charge in [-0.1, -0.05) is 29.5 Å². The molecule has 0 radical (unpaired) electrons. The number of carbonyl (C=O) groups excluding carboxylic acids is 2. The number of nitrogens with zero attached hydrogens (tertiary/aromatic N) is 7. The fourth-order valence-corrected chi connectivity index (χ4v) is 7.32. The molecule has 0 saturated carbocycles. The molecule has 11 nitrogen and oxygen atoms in total. The standard InChI is InChI=1S/C39H36F2N8O3/c1-52-34-7-3-2-6-28(34)30-21-29(26-5-4-14-48(24-26)35(50)11-15-49-16-13-43-45-49)36(41)37-31(30)22-33(44-37)39(51)47-19-17-46(18-20-47)38-27-10-12-42-23-25(27)8-9-32(38)40/h2-3,5-10,12-13,16,21-23,44H,4,11,14-15,17-20,24H2,1H3. The lowest BCUT2D eigenvalue weighted by atomic mass is 9.93. The maximum absolute atomic E-state index is 16.7. The number of para-hydroxylation sites is 1. The number of benzene rings is 3. The second-order valence-corrected chi connectivity index (χ2v) is 13.0. The van der Waals surface area contributed by atoms with Crippen molar-refractivity contribution in [1.29, 1.82) is 0 Å². The number of H-pyrrole nitrogens is 1. The number of pyridine rings is 1. The first kappa shape index (κ1) is 33.1. The van der Waals surface area contributed by atoms with Crippen molar-refractivity contribution in [3.8, 4) is 16.9 Å². The molecule has 52 heavy (non-hydrogen) atoms. The van der Waals surface area contributed by atoms with Crippen molar-refractivity contribution in [1.82, 2.24) is 34.8 Å². The van der Waals surface area contributed by atoms with Gasteiger partial charge in [-0.3, -0.25) is 19.3 Å². The molecule has 8 rings (SSSR count). The molecule has 0 unspecified atom stereocenters. The fraction of sp³-hybridized carbons (Fsp3) is 0.256. The van der Waals surface area contributed by atoms with Crippen molar-refractivity contribution in [2.45, 2.75) is 19.4 Å². The number of rotatable bonds is 8. The zero-order chi connectivity index (χ0) is 35.8. The normalized spacial score (nSPS) is 15.0. The Morgan fingerprint density at radius 1 is 0.904 bits per heavy atom. The number of fused-ring (bicyclic) bond motifs is 2. The highest BCUT2D eigenvalue weighted by atomic mass is 19.1. The third-order valence-electron chi connectivity index (χ3n) is 9.98. The summed E-state index contributed by atoms with van der Waals surface area (Å²) in [5.41, 5.74) is 3.42. The number of aromatic amines is 1. The van der Waals surface area contributed by atoms with E-state index >= 15 is 8.78 Å². The van der Waals surface area contributed by atoms with E-state index in [1.807, 2.05) is 35.2 Å². The predicted octanol–water partition coefficient (Wildman–Crippen LogP) is 5.93. The number of ether oxygens (including phenoxy) is 1. The molecule has 0 aliphatic carbocycles. The van der Waals surface area contributed by atoms with Crippen LogP contribution in [0.2, 0.25) is 0 Å². The lowest BCUT2D eigenvalue weighted by molar-refractivity contribution is -0.131. The molecule has 0 spiro atoms. The SMILES string of the molecule is COc1ccccc1-c1cc(C2=CCCN(C(=O)CCn3ccnn3)C2)c(F)c2[nH]c(C(=O)N3CCN(c4c(F)ccc5cnccc45)CC3)cc12. The summed E-state index contributed by atoms with van der Waals surface area (Å²) in [6, 6.07) is 15.9. The number of aryl methyl sites for hydroxylation is 1. The molecule has 1 fully saturated rings. The molecular weight excluding hydrogens is 666 g/mol. The summed E-state index contributed by atoms with van der Waals surface area (Å²) in [4.78, 5) is 39.9. The van der Waals surface area contributed by atoms with Crippen molar-refractivity contribution in [3.63, 3.8) is 0 Å². The Hall–Kier alpha value is -6.11. The zero-order valence-electron chi connectivity index (χ0n) is 28.6. The summed E-state index contributed by atoms with van der Waals surface area (Å²) < 4.78 is 39.1. The van der Waals surface area contributed by atoms with Gasteiger partial charge in [-0.2, -0.15) is 0 Å². The van der Waals surface area contributed by atoms with Crippen LogP contribution in [0.15, 0.2) is 85.5 Å². The van der Waals surface area contributed by atoms with Gasteiger partial charge in [0.25, 0.3) is 5.91 Å². The van der Waals surface area contributed by atoms with Crippen LogP contribution in [0.5, 0.6) is 5.75 Å². The van der Waals surface area contributed by atoms with Gasteiger partial charge in [0.1, 0.15) is 17.3 Å². The van der Waals surface area contributed by atoms with Gasteiger partial charge >= 0.3 is 0 Å². The molecule has 0 bridgehead atoms. The van der Waals surface area contributed by atoms with E-state index in [0.717, 1.165) is 16.3 Å². The summed E-state index contributed by atoms with van der Waals surface area (Å²) in [5.74, 6) is -0.546. The average molecular weight is 703 g/mol. The van der Waals surface area contributed by atoms with E-state index in [0.29, 0.717) is 79.2 Å². The van der Waals surface area contributed by atoms with Crippen molar-refractivity contribution in [2.24, 2.45) is 0 Å². The quantitative estimate of drug-likeness (QED) is 0.209. The van der Waals surface area contributed by atoms with Gasteiger partial charge in [-0.15, -0.1) is 5.10 Å². The van der Waals surface area contributed by atoms with E-state index in [1.54, 1.807) is 70.6 Å². The second-order valence-electron chi connectivity index (χ2n) is 13.0. The molecule has 3 aromatic heterocycles. The van der Waals surface area contributed by atoms with Gasteiger partial charge in [-0.25, -0.2) is 8.78 Å². The van der Waals surface area contributed by atoms with E-state index in [2.05, 4.69) is 20.3 Å². The molecule has 1 saturated heterocycles. The molecule has 3 aromatic carbocycles. The number of amides is 2. The smallest absolute Gasteiger partial charge is 0.270 e. The van der Waals surface area contributed by atoms with Crippen molar-refractivity contribution >= 4 is 44.8 Å². The molecule has 2 amide bonds.